The summed E-state index contributed by atoms with van der Waals surface area (Å²) in [4.78, 5) is 43.7. The number of ether oxygens (including phenoxy) is 1. The van der Waals surface area contributed by atoms with Crippen LogP contribution in [-0.2, 0) is 9.53 Å². The normalized spacial score (nSPS) is 27.1. The monoisotopic (exact) mass is 477 g/mol. The number of carbonyl (C=O) groups is 3. The van der Waals surface area contributed by atoms with Crippen molar-refractivity contribution in [1.82, 2.24) is 14.7 Å². The highest BCUT2D eigenvalue weighted by molar-refractivity contribution is 9.10. The second kappa shape index (κ2) is 8.77. The third kappa shape index (κ3) is 4.31. The van der Waals surface area contributed by atoms with Crippen LogP contribution < -0.4 is 0 Å². The van der Waals surface area contributed by atoms with E-state index in [1.165, 1.54) is 4.90 Å². The topological polar surface area (TPSA) is 70.2 Å². The van der Waals surface area contributed by atoms with Gasteiger partial charge in [0.2, 0.25) is 5.91 Å². The predicted molar refractivity (Wildman–Crippen MR) is 115 cm³/mol. The average Bonchev–Trinajstić information content (AvgIpc) is 3.23. The molecule has 3 atom stereocenters. The second-order valence-electron chi connectivity index (χ2n) is 8.56. The van der Waals surface area contributed by atoms with E-state index in [9.17, 15) is 14.4 Å². The van der Waals surface area contributed by atoms with Crippen molar-refractivity contribution in [2.24, 2.45) is 0 Å². The fourth-order valence-electron chi connectivity index (χ4n) is 4.90. The molecule has 3 amide bonds. The zero-order chi connectivity index (χ0) is 21.4. The molecule has 4 rings (SSSR count). The Morgan fingerprint density at radius 1 is 1.13 bits per heavy atom. The molecule has 0 radical (unpaired) electrons. The maximum atomic E-state index is 12.9. The molecular formula is C22H28BrN3O4. The quantitative estimate of drug-likeness (QED) is 0.609. The third-order valence-corrected chi connectivity index (χ3v) is 6.64. The van der Waals surface area contributed by atoms with Gasteiger partial charge in [0.15, 0.2) is 0 Å². The molecule has 0 aliphatic carbocycles. The fraction of sp³-hybridized carbons (Fsp3) is 0.591. The molecule has 2 fully saturated rings. The van der Waals surface area contributed by atoms with Crippen LogP contribution in [0.2, 0.25) is 0 Å². The molecule has 0 aromatic heterocycles. The van der Waals surface area contributed by atoms with E-state index >= 15 is 0 Å². The molecule has 30 heavy (non-hydrogen) atoms. The van der Waals surface area contributed by atoms with Gasteiger partial charge in [-0.2, -0.15) is 0 Å². The molecule has 162 valence electrons. The first-order chi connectivity index (χ1) is 14.3. The van der Waals surface area contributed by atoms with Crippen LogP contribution in [0.15, 0.2) is 22.7 Å². The first kappa shape index (κ1) is 21.5. The Morgan fingerprint density at radius 3 is 2.57 bits per heavy atom. The fourth-order valence-corrected chi connectivity index (χ4v) is 5.26. The van der Waals surface area contributed by atoms with Crippen LogP contribution in [0.5, 0.6) is 0 Å². The SMILES string of the molecule is CC1CN(CC2CCCN2C(=O)CCN2C(=O)c3ccc(Br)cc3C2=O)CC(C)O1. The number of hydrogen-bond acceptors (Lipinski definition) is 5. The van der Waals surface area contributed by atoms with Crippen LogP contribution in [0.25, 0.3) is 0 Å². The summed E-state index contributed by atoms with van der Waals surface area (Å²) >= 11 is 3.34. The summed E-state index contributed by atoms with van der Waals surface area (Å²) in [6.07, 6.45) is 2.56. The number of fused-ring (bicyclic) bond motifs is 1. The van der Waals surface area contributed by atoms with Crippen molar-refractivity contribution in [1.29, 1.82) is 0 Å². The van der Waals surface area contributed by atoms with Crippen LogP contribution in [0.3, 0.4) is 0 Å². The molecule has 0 saturated carbocycles. The van der Waals surface area contributed by atoms with Crippen molar-refractivity contribution < 1.29 is 19.1 Å². The summed E-state index contributed by atoms with van der Waals surface area (Å²) in [5.41, 5.74) is 0.807. The van der Waals surface area contributed by atoms with Gasteiger partial charge in [-0.3, -0.25) is 24.2 Å². The highest BCUT2D eigenvalue weighted by Gasteiger charge is 2.37. The van der Waals surface area contributed by atoms with Crippen molar-refractivity contribution in [3.05, 3.63) is 33.8 Å². The molecular weight excluding hydrogens is 450 g/mol. The van der Waals surface area contributed by atoms with Gasteiger partial charge in [-0.25, -0.2) is 0 Å². The van der Waals surface area contributed by atoms with Crippen molar-refractivity contribution in [3.63, 3.8) is 0 Å². The van der Waals surface area contributed by atoms with Gasteiger partial charge in [-0.05, 0) is 44.9 Å². The van der Waals surface area contributed by atoms with E-state index in [2.05, 4.69) is 34.7 Å². The van der Waals surface area contributed by atoms with Gasteiger partial charge < -0.3 is 9.64 Å². The summed E-state index contributed by atoms with van der Waals surface area (Å²) in [5, 5.41) is 0. The number of morpholine rings is 1. The van der Waals surface area contributed by atoms with Gasteiger partial charge >= 0.3 is 0 Å². The number of likely N-dealkylation sites (tertiary alicyclic amines) is 1. The first-order valence-corrected chi connectivity index (χ1v) is 11.5. The van der Waals surface area contributed by atoms with Crippen molar-refractivity contribution in [2.75, 3.05) is 32.7 Å². The molecule has 3 unspecified atom stereocenters. The van der Waals surface area contributed by atoms with E-state index in [-0.39, 0.29) is 48.9 Å². The zero-order valence-corrected chi connectivity index (χ0v) is 19.1. The number of hydrogen-bond donors (Lipinski definition) is 0. The lowest BCUT2D eigenvalue weighted by atomic mass is 10.1. The number of nitrogens with zero attached hydrogens (tertiary/aromatic N) is 3. The standard InChI is InChI=1S/C22H28BrN3O4/c1-14-11-24(12-15(2)30-14)13-17-4-3-8-25(17)20(27)7-9-26-21(28)18-6-5-16(23)10-19(18)22(26)29/h5-6,10,14-15,17H,3-4,7-9,11-13H2,1-2H3. The molecule has 3 aliphatic heterocycles. The lowest BCUT2D eigenvalue weighted by molar-refractivity contribution is -0.133. The van der Waals surface area contributed by atoms with E-state index in [0.29, 0.717) is 11.1 Å². The lowest BCUT2D eigenvalue weighted by Gasteiger charge is -2.38. The Balaban J connectivity index is 1.35. The summed E-state index contributed by atoms with van der Waals surface area (Å²) in [5.74, 6) is -0.618. The van der Waals surface area contributed by atoms with E-state index in [4.69, 9.17) is 4.74 Å². The Hall–Kier alpha value is -1.77. The highest BCUT2D eigenvalue weighted by atomic mass is 79.9. The van der Waals surface area contributed by atoms with Gasteiger partial charge in [0.1, 0.15) is 0 Å². The molecule has 0 spiro atoms. The molecule has 1 aromatic carbocycles. The Kier molecular flexibility index (Phi) is 6.27. The van der Waals surface area contributed by atoms with Crippen LogP contribution in [0, 0.1) is 0 Å². The Labute approximate surface area is 185 Å². The van der Waals surface area contributed by atoms with E-state index in [0.717, 1.165) is 43.5 Å². The Morgan fingerprint density at radius 2 is 1.83 bits per heavy atom. The average molecular weight is 478 g/mol. The van der Waals surface area contributed by atoms with E-state index < -0.39 is 0 Å². The highest BCUT2D eigenvalue weighted by Crippen LogP contribution is 2.27. The number of carbonyl (C=O) groups excluding carboxylic acids is 3. The molecule has 0 bridgehead atoms. The van der Waals surface area contributed by atoms with Crippen LogP contribution in [0.1, 0.15) is 53.8 Å². The Bertz CT molecular complexity index is 851. The minimum absolute atomic E-state index is 0.0181. The maximum absolute atomic E-state index is 12.9. The van der Waals surface area contributed by atoms with Crippen molar-refractivity contribution >= 4 is 33.7 Å². The van der Waals surface area contributed by atoms with E-state index in [1.54, 1.807) is 18.2 Å². The van der Waals surface area contributed by atoms with Crippen molar-refractivity contribution in [3.8, 4) is 0 Å². The molecule has 3 aliphatic rings. The molecule has 8 heteroatoms. The van der Waals surface area contributed by atoms with Crippen molar-refractivity contribution in [2.45, 2.75) is 51.4 Å². The minimum atomic E-state index is -0.321. The molecule has 7 nitrogen and oxygen atoms in total. The van der Waals surface area contributed by atoms with Gasteiger partial charge in [0.25, 0.3) is 11.8 Å². The van der Waals surface area contributed by atoms with Gasteiger partial charge in [0.05, 0.1) is 23.3 Å². The summed E-state index contributed by atoms with van der Waals surface area (Å²) in [6, 6.07) is 5.26. The first-order valence-electron chi connectivity index (χ1n) is 10.7. The van der Waals surface area contributed by atoms with Crippen LogP contribution in [0.4, 0.5) is 0 Å². The van der Waals surface area contributed by atoms with Crippen LogP contribution in [-0.4, -0.2) is 83.4 Å². The zero-order valence-electron chi connectivity index (χ0n) is 17.5. The van der Waals surface area contributed by atoms with Gasteiger partial charge in [-0.15, -0.1) is 0 Å². The summed E-state index contributed by atoms with van der Waals surface area (Å²) < 4.78 is 6.57. The largest absolute Gasteiger partial charge is 0.373 e. The maximum Gasteiger partial charge on any atom is 0.261 e. The smallest absolute Gasteiger partial charge is 0.261 e. The molecule has 3 heterocycles. The van der Waals surface area contributed by atoms with Crippen LogP contribution >= 0.6 is 15.9 Å². The molecule has 1 aromatic rings. The lowest BCUT2D eigenvalue weighted by Crippen LogP contribution is -2.51. The number of benzene rings is 1. The van der Waals surface area contributed by atoms with Gasteiger partial charge in [-0.1, -0.05) is 15.9 Å². The third-order valence-electron chi connectivity index (χ3n) is 6.14. The number of rotatable bonds is 5. The molecule has 0 N–H and O–H groups in total. The van der Waals surface area contributed by atoms with Gasteiger partial charge in [0, 0.05) is 49.7 Å². The van der Waals surface area contributed by atoms with E-state index in [1.807, 2.05) is 4.90 Å². The summed E-state index contributed by atoms with van der Waals surface area (Å²) in [7, 11) is 0. The predicted octanol–water partition coefficient (Wildman–Crippen LogP) is 2.54. The number of imide groups is 1. The number of halogens is 1. The molecule has 2 saturated heterocycles. The summed E-state index contributed by atoms with van der Waals surface area (Å²) in [6.45, 7) is 7.65. The number of amides is 3. The second-order valence-corrected chi connectivity index (χ2v) is 9.48. The minimum Gasteiger partial charge on any atom is -0.373 e.